The summed E-state index contributed by atoms with van der Waals surface area (Å²) in [6, 6.07) is 12.5. The minimum absolute atomic E-state index is 0.265. The first-order chi connectivity index (χ1) is 13.1. The van der Waals surface area contributed by atoms with Crippen LogP contribution in [-0.4, -0.2) is 15.2 Å². The van der Waals surface area contributed by atoms with Gasteiger partial charge in [0, 0.05) is 13.1 Å². The zero-order valence-electron chi connectivity index (χ0n) is 15.2. The number of nitrogens with zero attached hydrogens (tertiary/aromatic N) is 2. The van der Waals surface area contributed by atoms with E-state index in [1.165, 1.54) is 9.13 Å². The van der Waals surface area contributed by atoms with E-state index in [1.807, 2.05) is 49.4 Å². The van der Waals surface area contributed by atoms with Crippen LogP contribution < -0.4 is 21.9 Å². The molecule has 4 rings (SSSR count). The van der Waals surface area contributed by atoms with Crippen LogP contribution in [0.4, 0.5) is 10.6 Å². The van der Waals surface area contributed by atoms with E-state index in [0.29, 0.717) is 12.1 Å². The van der Waals surface area contributed by atoms with Gasteiger partial charge in [0.1, 0.15) is 5.82 Å². The minimum atomic E-state index is -0.636. The molecule has 0 saturated heterocycles. The van der Waals surface area contributed by atoms with Crippen molar-refractivity contribution in [1.82, 2.24) is 14.5 Å². The number of benzene rings is 2. The lowest BCUT2D eigenvalue weighted by Gasteiger charge is -2.30. The minimum Gasteiger partial charge on any atom is -0.327 e. The molecule has 1 aromatic heterocycles. The summed E-state index contributed by atoms with van der Waals surface area (Å²) in [6.45, 7) is 4.19. The van der Waals surface area contributed by atoms with Gasteiger partial charge in [0.05, 0.1) is 11.6 Å². The molecule has 7 heteroatoms. The van der Waals surface area contributed by atoms with Crippen molar-refractivity contribution in [2.45, 2.75) is 33.0 Å². The van der Waals surface area contributed by atoms with Crippen LogP contribution in [0, 0.1) is 0 Å². The summed E-state index contributed by atoms with van der Waals surface area (Å²) in [4.78, 5) is 38.1. The summed E-state index contributed by atoms with van der Waals surface area (Å²) < 4.78 is 2.65. The Morgan fingerprint density at radius 1 is 0.926 bits per heavy atom. The third-order valence-corrected chi connectivity index (χ3v) is 5.03. The lowest BCUT2D eigenvalue weighted by Crippen LogP contribution is -2.50. The molecule has 3 aromatic rings. The molecule has 2 heterocycles. The van der Waals surface area contributed by atoms with Gasteiger partial charge < -0.3 is 5.32 Å². The van der Waals surface area contributed by atoms with Crippen molar-refractivity contribution in [2.24, 2.45) is 0 Å². The number of aromatic nitrogens is 2. The van der Waals surface area contributed by atoms with Crippen LogP contribution in [0.15, 0.2) is 52.1 Å². The number of carbonyl (C=O) groups excluding carboxylic acids is 1. The molecule has 7 nitrogen and oxygen atoms in total. The lowest BCUT2D eigenvalue weighted by molar-refractivity contribution is 0.248. The number of carbonyl (C=O) groups is 1. The van der Waals surface area contributed by atoms with Gasteiger partial charge in [-0.2, -0.15) is 0 Å². The monoisotopic (exact) mass is 364 g/mol. The molecule has 2 aromatic carbocycles. The average Bonchev–Trinajstić information content (AvgIpc) is 2.67. The van der Waals surface area contributed by atoms with E-state index in [1.54, 1.807) is 6.92 Å². The normalized spacial score (nSPS) is 15.9. The van der Waals surface area contributed by atoms with Crippen LogP contribution in [0.3, 0.4) is 0 Å². The van der Waals surface area contributed by atoms with Crippen molar-refractivity contribution in [3.8, 4) is 0 Å². The quantitative estimate of drug-likeness (QED) is 0.748. The van der Waals surface area contributed by atoms with Crippen LogP contribution in [0.2, 0.25) is 0 Å². The summed E-state index contributed by atoms with van der Waals surface area (Å²) in [5.74, 6) is 0.277. The second-order valence-electron chi connectivity index (χ2n) is 6.44. The zero-order chi connectivity index (χ0) is 19.1. The molecule has 1 atom stereocenters. The van der Waals surface area contributed by atoms with Gasteiger partial charge in [-0.25, -0.2) is 9.59 Å². The maximum atomic E-state index is 13.1. The number of anilines is 1. The van der Waals surface area contributed by atoms with Crippen LogP contribution >= 0.6 is 0 Å². The van der Waals surface area contributed by atoms with Gasteiger partial charge in [-0.3, -0.25) is 19.2 Å². The van der Waals surface area contributed by atoms with Crippen LogP contribution in [0.1, 0.15) is 31.0 Å². The number of hydrogen-bond donors (Lipinski definition) is 2. The van der Waals surface area contributed by atoms with Gasteiger partial charge in [0.2, 0.25) is 0 Å². The fourth-order valence-electron chi connectivity index (χ4n) is 3.77. The number of hydrogen-bond acceptors (Lipinski definition) is 3. The Kier molecular flexibility index (Phi) is 4.07. The second-order valence-corrected chi connectivity index (χ2v) is 6.44. The molecule has 0 spiro atoms. The van der Waals surface area contributed by atoms with Gasteiger partial charge in [0.25, 0.3) is 5.56 Å². The average molecular weight is 364 g/mol. The highest BCUT2D eigenvalue weighted by Crippen LogP contribution is 2.32. The first-order valence-electron chi connectivity index (χ1n) is 8.99. The van der Waals surface area contributed by atoms with Crippen molar-refractivity contribution >= 4 is 22.6 Å². The SMILES string of the molecule is CCn1c2c(c(=O)n(CC)c1=O)C(c1cccc3ccccc13)NC(=O)N2. The molecule has 0 radical (unpaired) electrons. The topological polar surface area (TPSA) is 85.1 Å². The van der Waals surface area contributed by atoms with E-state index in [2.05, 4.69) is 10.6 Å². The summed E-state index contributed by atoms with van der Waals surface area (Å²) in [5, 5.41) is 7.50. The van der Waals surface area contributed by atoms with Crippen molar-refractivity contribution in [3.63, 3.8) is 0 Å². The predicted octanol–water partition coefficient (Wildman–Crippen LogP) is 2.43. The summed E-state index contributed by atoms with van der Waals surface area (Å²) >= 11 is 0. The first-order valence-corrected chi connectivity index (χ1v) is 8.99. The Hall–Kier alpha value is -3.35. The molecule has 27 heavy (non-hydrogen) atoms. The van der Waals surface area contributed by atoms with Crippen LogP contribution in [-0.2, 0) is 13.1 Å². The largest absolute Gasteiger partial charge is 0.332 e. The van der Waals surface area contributed by atoms with Gasteiger partial charge in [0.15, 0.2) is 0 Å². The molecule has 0 aliphatic carbocycles. The highest BCUT2D eigenvalue weighted by Gasteiger charge is 2.33. The van der Waals surface area contributed by atoms with Crippen molar-refractivity contribution in [1.29, 1.82) is 0 Å². The smallest absolute Gasteiger partial charge is 0.327 e. The molecular formula is C20H20N4O3. The highest BCUT2D eigenvalue weighted by molar-refractivity contribution is 5.94. The molecule has 1 aliphatic heterocycles. The Bertz CT molecular complexity index is 1170. The van der Waals surface area contributed by atoms with E-state index < -0.39 is 17.8 Å². The van der Waals surface area contributed by atoms with E-state index in [9.17, 15) is 14.4 Å². The van der Waals surface area contributed by atoms with Crippen molar-refractivity contribution in [2.75, 3.05) is 5.32 Å². The molecule has 0 bridgehead atoms. The predicted molar refractivity (Wildman–Crippen MR) is 104 cm³/mol. The molecule has 0 saturated carbocycles. The molecule has 2 amide bonds. The van der Waals surface area contributed by atoms with Crippen molar-refractivity contribution < 1.29 is 4.79 Å². The molecule has 1 unspecified atom stereocenters. The third-order valence-electron chi connectivity index (χ3n) is 5.03. The van der Waals surface area contributed by atoms with Gasteiger partial charge >= 0.3 is 11.7 Å². The maximum Gasteiger partial charge on any atom is 0.332 e. The summed E-state index contributed by atoms with van der Waals surface area (Å²) in [7, 11) is 0. The van der Waals surface area contributed by atoms with E-state index in [0.717, 1.165) is 16.3 Å². The number of nitrogens with one attached hydrogen (secondary N) is 2. The van der Waals surface area contributed by atoms with E-state index in [4.69, 9.17) is 0 Å². The standard InChI is InChI=1S/C20H20N4O3/c1-3-23-17-15(18(25)24(4-2)20(23)27)16(21-19(26)22-17)14-11-7-9-12-8-5-6-10-13(12)14/h5-11,16H,3-4H2,1-2H3,(H2,21,22,26). The lowest BCUT2D eigenvalue weighted by atomic mass is 9.93. The molecule has 1 aliphatic rings. The maximum absolute atomic E-state index is 13.1. The fraction of sp³-hybridized carbons (Fsp3) is 0.250. The Morgan fingerprint density at radius 3 is 2.37 bits per heavy atom. The molecule has 2 N–H and O–H groups in total. The molecule has 138 valence electrons. The van der Waals surface area contributed by atoms with Crippen molar-refractivity contribution in [3.05, 3.63) is 74.4 Å². The van der Waals surface area contributed by atoms with Gasteiger partial charge in [-0.05, 0) is 30.2 Å². The molecular weight excluding hydrogens is 344 g/mol. The van der Waals surface area contributed by atoms with E-state index in [-0.39, 0.29) is 17.9 Å². The zero-order valence-corrected chi connectivity index (χ0v) is 15.2. The number of amides is 2. The Labute approximate surface area is 155 Å². The van der Waals surface area contributed by atoms with Crippen LogP contribution in [0.5, 0.6) is 0 Å². The third kappa shape index (κ3) is 2.54. The fourth-order valence-corrected chi connectivity index (χ4v) is 3.77. The van der Waals surface area contributed by atoms with Gasteiger partial charge in [-0.1, -0.05) is 42.5 Å². The van der Waals surface area contributed by atoms with Crippen LogP contribution in [0.25, 0.3) is 10.8 Å². The number of rotatable bonds is 3. The number of fused-ring (bicyclic) bond motifs is 2. The summed E-state index contributed by atoms with van der Waals surface area (Å²) in [5.41, 5.74) is 0.412. The second kappa shape index (κ2) is 6.42. The van der Waals surface area contributed by atoms with E-state index >= 15 is 0 Å². The van der Waals surface area contributed by atoms with Gasteiger partial charge in [-0.15, -0.1) is 0 Å². The number of urea groups is 1. The Balaban J connectivity index is 2.08. The summed E-state index contributed by atoms with van der Waals surface area (Å²) in [6.07, 6.45) is 0. The first kappa shape index (κ1) is 17.1. The molecule has 0 fully saturated rings. The highest BCUT2D eigenvalue weighted by atomic mass is 16.2. The Morgan fingerprint density at radius 2 is 1.63 bits per heavy atom.